The van der Waals surface area contributed by atoms with Gasteiger partial charge in [-0.1, -0.05) is 13.8 Å². The molecule has 0 radical (unpaired) electrons. The molecule has 0 aliphatic carbocycles. The lowest BCUT2D eigenvalue weighted by Gasteiger charge is -2.42. The molecule has 0 aromatic carbocycles. The Balaban J connectivity index is 0.00000180. The molecule has 6 heteroatoms. The second-order valence-corrected chi connectivity index (χ2v) is 6.30. The highest BCUT2D eigenvalue weighted by molar-refractivity contribution is 9.10. The van der Waals surface area contributed by atoms with Crippen LogP contribution >= 0.6 is 28.3 Å². The zero-order valence-electron chi connectivity index (χ0n) is 11.1. The number of pyridine rings is 1. The van der Waals surface area contributed by atoms with Crippen LogP contribution in [0, 0.1) is 5.41 Å². The SMILES string of the molecule is CC1(C)CN(C(=O)c2ncccc2Br)CCC1N.Cl. The molecule has 0 bridgehead atoms. The first kappa shape index (κ1) is 16.4. The summed E-state index contributed by atoms with van der Waals surface area (Å²) >= 11 is 3.37. The standard InChI is InChI=1S/C13H18BrN3O.ClH/c1-13(2)8-17(7-5-10(13)15)12(18)11-9(14)4-3-6-16-11;/h3-4,6,10H,5,7-8,15H2,1-2H3;1H. The molecular weight excluding hydrogens is 330 g/mol. The van der Waals surface area contributed by atoms with Crippen LogP contribution in [0.3, 0.4) is 0 Å². The van der Waals surface area contributed by atoms with E-state index in [1.165, 1.54) is 0 Å². The van der Waals surface area contributed by atoms with Crippen LogP contribution in [-0.2, 0) is 0 Å². The van der Waals surface area contributed by atoms with Crippen molar-refractivity contribution in [1.29, 1.82) is 0 Å². The fourth-order valence-electron chi connectivity index (χ4n) is 2.24. The number of halogens is 2. The Hall–Kier alpha value is -0.650. The molecule has 1 aromatic rings. The Morgan fingerprint density at radius 2 is 2.26 bits per heavy atom. The number of rotatable bonds is 1. The van der Waals surface area contributed by atoms with E-state index in [4.69, 9.17) is 5.73 Å². The quantitative estimate of drug-likeness (QED) is 0.848. The van der Waals surface area contributed by atoms with E-state index in [9.17, 15) is 4.79 Å². The van der Waals surface area contributed by atoms with Crippen LogP contribution in [0.15, 0.2) is 22.8 Å². The van der Waals surface area contributed by atoms with E-state index < -0.39 is 0 Å². The highest BCUT2D eigenvalue weighted by Gasteiger charge is 2.36. The first-order valence-corrected chi connectivity index (χ1v) is 6.86. The minimum Gasteiger partial charge on any atom is -0.337 e. The average Bonchev–Trinajstić information content (AvgIpc) is 2.32. The number of piperidine rings is 1. The molecule has 2 N–H and O–H groups in total. The van der Waals surface area contributed by atoms with Crippen LogP contribution in [0.2, 0.25) is 0 Å². The summed E-state index contributed by atoms with van der Waals surface area (Å²) in [4.78, 5) is 18.4. The molecule has 106 valence electrons. The summed E-state index contributed by atoms with van der Waals surface area (Å²) in [6.45, 7) is 5.58. The summed E-state index contributed by atoms with van der Waals surface area (Å²) in [7, 11) is 0. The number of nitrogens with two attached hydrogens (primary N) is 1. The van der Waals surface area contributed by atoms with Gasteiger partial charge in [0.25, 0.3) is 5.91 Å². The molecule has 1 unspecified atom stereocenters. The Bertz CT molecular complexity index is 467. The van der Waals surface area contributed by atoms with Crippen molar-refractivity contribution >= 4 is 34.2 Å². The molecule has 0 spiro atoms. The van der Waals surface area contributed by atoms with Crippen LogP contribution in [0.25, 0.3) is 0 Å². The number of amides is 1. The normalized spacial score (nSPS) is 21.7. The molecule has 2 heterocycles. The third-order valence-electron chi connectivity index (χ3n) is 3.56. The summed E-state index contributed by atoms with van der Waals surface area (Å²) in [6.07, 6.45) is 2.47. The molecule has 1 aliphatic rings. The molecule has 1 atom stereocenters. The fourth-order valence-corrected chi connectivity index (χ4v) is 2.66. The van der Waals surface area contributed by atoms with Crippen molar-refractivity contribution in [3.8, 4) is 0 Å². The number of carbonyl (C=O) groups excluding carboxylic acids is 1. The van der Waals surface area contributed by atoms with Crippen molar-refractivity contribution in [1.82, 2.24) is 9.88 Å². The van der Waals surface area contributed by atoms with E-state index >= 15 is 0 Å². The summed E-state index contributed by atoms with van der Waals surface area (Å²) in [6, 6.07) is 3.78. The van der Waals surface area contributed by atoms with Gasteiger partial charge in [0, 0.05) is 29.8 Å². The average molecular weight is 349 g/mol. The van der Waals surface area contributed by atoms with Gasteiger partial charge >= 0.3 is 0 Å². The molecule has 19 heavy (non-hydrogen) atoms. The van der Waals surface area contributed by atoms with Gasteiger partial charge in [0.1, 0.15) is 5.69 Å². The number of nitrogens with zero attached hydrogens (tertiary/aromatic N) is 2. The third kappa shape index (κ3) is 3.46. The van der Waals surface area contributed by atoms with E-state index in [-0.39, 0.29) is 29.8 Å². The molecule has 1 aromatic heterocycles. The van der Waals surface area contributed by atoms with Crippen LogP contribution in [-0.4, -0.2) is 34.9 Å². The van der Waals surface area contributed by atoms with E-state index in [1.54, 1.807) is 12.3 Å². The third-order valence-corrected chi connectivity index (χ3v) is 4.20. The number of hydrogen-bond donors (Lipinski definition) is 1. The highest BCUT2D eigenvalue weighted by atomic mass is 79.9. The summed E-state index contributed by atoms with van der Waals surface area (Å²) < 4.78 is 0.739. The van der Waals surface area contributed by atoms with Gasteiger partial charge in [0.15, 0.2) is 0 Å². The highest BCUT2D eigenvalue weighted by Crippen LogP contribution is 2.29. The molecule has 1 amide bonds. The molecule has 2 rings (SSSR count). The van der Waals surface area contributed by atoms with Crippen molar-refractivity contribution in [2.45, 2.75) is 26.3 Å². The minimum atomic E-state index is -0.0465. The topological polar surface area (TPSA) is 59.2 Å². The number of carbonyl (C=O) groups is 1. The second-order valence-electron chi connectivity index (χ2n) is 5.44. The monoisotopic (exact) mass is 347 g/mol. The lowest BCUT2D eigenvalue weighted by atomic mass is 9.79. The first-order valence-electron chi connectivity index (χ1n) is 6.07. The maximum Gasteiger partial charge on any atom is 0.273 e. The van der Waals surface area contributed by atoms with Gasteiger partial charge in [-0.2, -0.15) is 0 Å². The van der Waals surface area contributed by atoms with Gasteiger partial charge in [0.05, 0.1) is 0 Å². The molecule has 1 fully saturated rings. The fraction of sp³-hybridized carbons (Fsp3) is 0.538. The Morgan fingerprint density at radius 3 is 2.84 bits per heavy atom. The van der Waals surface area contributed by atoms with E-state index in [0.717, 1.165) is 10.9 Å². The van der Waals surface area contributed by atoms with Crippen molar-refractivity contribution in [3.63, 3.8) is 0 Å². The maximum atomic E-state index is 12.4. The Labute approximate surface area is 128 Å². The van der Waals surface area contributed by atoms with E-state index in [1.807, 2.05) is 11.0 Å². The predicted molar refractivity (Wildman–Crippen MR) is 81.5 cm³/mol. The van der Waals surface area contributed by atoms with Gasteiger partial charge in [-0.05, 0) is 39.9 Å². The van der Waals surface area contributed by atoms with Crippen LogP contribution in [0.5, 0.6) is 0 Å². The van der Waals surface area contributed by atoms with Crippen molar-refractivity contribution in [3.05, 3.63) is 28.5 Å². The largest absolute Gasteiger partial charge is 0.337 e. The van der Waals surface area contributed by atoms with Gasteiger partial charge in [-0.15, -0.1) is 12.4 Å². The molecular formula is C13H19BrClN3O. The lowest BCUT2D eigenvalue weighted by Crippen LogP contribution is -2.54. The zero-order valence-corrected chi connectivity index (χ0v) is 13.5. The zero-order chi connectivity index (χ0) is 13.3. The molecule has 4 nitrogen and oxygen atoms in total. The van der Waals surface area contributed by atoms with E-state index in [0.29, 0.717) is 18.8 Å². The summed E-state index contributed by atoms with van der Waals surface area (Å²) in [5, 5.41) is 0. The van der Waals surface area contributed by atoms with Gasteiger partial charge in [-0.3, -0.25) is 4.79 Å². The van der Waals surface area contributed by atoms with Crippen molar-refractivity contribution in [2.24, 2.45) is 11.1 Å². The smallest absolute Gasteiger partial charge is 0.273 e. The summed E-state index contributed by atoms with van der Waals surface area (Å²) in [5.74, 6) is -0.0255. The Morgan fingerprint density at radius 1 is 1.58 bits per heavy atom. The van der Waals surface area contributed by atoms with Crippen LogP contribution in [0.1, 0.15) is 30.8 Å². The first-order chi connectivity index (χ1) is 8.42. The number of hydrogen-bond acceptors (Lipinski definition) is 3. The maximum absolute atomic E-state index is 12.4. The van der Waals surface area contributed by atoms with Crippen molar-refractivity contribution < 1.29 is 4.79 Å². The van der Waals surface area contributed by atoms with Crippen molar-refractivity contribution in [2.75, 3.05) is 13.1 Å². The predicted octanol–water partition coefficient (Wildman–Crippen LogP) is 2.47. The molecule has 1 aliphatic heterocycles. The lowest BCUT2D eigenvalue weighted by molar-refractivity contribution is 0.0526. The van der Waals surface area contributed by atoms with Gasteiger partial charge in [-0.25, -0.2) is 4.98 Å². The van der Waals surface area contributed by atoms with Crippen LogP contribution in [0.4, 0.5) is 0 Å². The van der Waals surface area contributed by atoms with Crippen LogP contribution < -0.4 is 5.73 Å². The second kappa shape index (κ2) is 6.20. The number of likely N-dealkylation sites (tertiary alicyclic amines) is 1. The van der Waals surface area contributed by atoms with Gasteiger partial charge < -0.3 is 10.6 Å². The Kier molecular flexibility index (Phi) is 5.35. The van der Waals surface area contributed by atoms with Gasteiger partial charge in [0.2, 0.25) is 0 Å². The van der Waals surface area contributed by atoms with E-state index in [2.05, 4.69) is 34.8 Å². The number of aromatic nitrogens is 1. The molecule has 0 saturated carbocycles. The minimum absolute atomic E-state index is 0. The molecule has 1 saturated heterocycles. The summed E-state index contributed by atoms with van der Waals surface area (Å²) in [5.41, 5.74) is 6.51.